The highest BCUT2D eigenvalue weighted by Gasteiger charge is 2.51. The molecule has 0 aromatic heterocycles. The highest BCUT2D eigenvalue weighted by atomic mass is 15.1. The second kappa shape index (κ2) is 12.4. The Bertz CT molecular complexity index is 2280. The number of nitrogens with zero attached hydrogens (tertiary/aromatic N) is 1. The molecule has 0 radical (unpaired) electrons. The van der Waals surface area contributed by atoms with Crippen LogP contribution >= 0.6 is 0 Å². The molecule has 0 aliphatic heterocycles. The maximum atomic E-state index is 2.47. The summed E-state index contributed by atoms with van der Waals surface area (Å²) in [5, 5.41) is 2.55. The molecule has 0 spiro atoms. The second-order valence-electron chi connectivity index (χ2n) is 15.6. The molecule has 11 rings (SSSR count). The lowest BCUT2D eigenvalue weighted by molar-refractivity contribution is -0.00518. The molecule has 4 bridgehead atoms. The fourth-order valence-electron chi connectivity index (χ4n) is 10.5. The smallest absolute Gasteiger partial charge is 0.0467 e. The summed E-state index contributed by atoms with van der Waals surface area (Å²) in [7, 11) is 0. The number of hydrogen-bond donors (Lipinski definition) is 0. The van der Waals surface area contributed by atoms with E-state index < -0.39 is 0 Å². The number of anilines is 3. The Kier molecular flexibility index (Phi) is 7.41. The number of fused-ring (bicyclic) bond motifs is 1. The van der Waals surface area contributed by atoms with E-state index in [4.69, 9.17) is 0 Å². The van der Waals surface area contributed by atoms with Crippen LogP contribution in [0.2, 0.25) is 0 Å². The van der Waals surface area contributed by atoms with Crippen molar-refractivity contribution in [1.29, 1.82) is 0 Å². The molecule has 4 fully saturated rings. The van der Waals surface area contributed by atoms with Crippen LogP contribution in [-0.4, -0.2) is 0 Å². The summed E-state index contributed by atoms with van der Waals surface area (Å²) in [6.07, 6.45) is 8.69. The fraction of sp³-hybridized carbons (Fsp3) is 0.200. The van der Waals surface area contributed by atoms with Gasteiger partial charge in [-0.2, -0.15) is 0 Å². The van der Waals surface area contributed by atoms with Crippen molar-refractivity contribution in [2.24, 2.45) is 17.8 Å². The van der Waals surface area contributed by atoms with Gasteiger partial charge in [0.1, 0.15) is 0 Å². The Morgan fingerprint density at radius 3 is 1.59 bits per heavy atom. The maximum absolute atomic E-state index is 2.47. The minimum Gasteiger partial charge on any atom is -0.310 e. The van der Waals surface area contributed by atoms with Crippen LogP contribution in [0.25, 0.3) is 44.2 Å². The Hall–Kier alpha value is -5.40. The van der Waals surface area contributed by atoms with Gasteiger partial charge in [0.05, 0.1) is 0 Å². The summed E-state index contributed by atoms with van der Waals surface area (Å²) in [5.41, 5.74) is 12.9. The first-order chi connectivity index (χ1) is 25.2. The zero-order valence-corrected chi connectivity index (χ0v) is 29.1. The molecule has 248 valence electrons. The lowest BCUT2D eigenvalue weighted by Gasteiger charge is -2.57. The van der Waals surface area contributed by atoms with Crippen molar-refractivity contribution in [1.82, 2.24) is 0 Å². The lowest BCUT2D eigenvalue weighted by Crippen LogP contribution is -2.48. The van der Waals surface area contributed by atoms with Crippen LogP contribution in [0.15, 0.2) is 170 Å². The third kappa shape index (κ3) is 5.56. The van der Waals surface area contributed by atoms with Gasteiger partial charge in [0.25, 0.3) is 0 Å². The third-order valence-corrected chi connectivity index (χ3v) is 12.4. The van der Waals surface area contributed by atoms with Crippen LogP contribution in [-0.2, 0) is 5.41 Å². The Labute approximate surface area is 302 Å². The maximum Gasteiger partial charge on any atom is 0.0467 e. The van der Waals surface area contributed by atoms with Crippen molar-refractivity contribution in [3.05, 3.63) is 175 Å². The minimum atomic E-state index is 0.427. The molecule has 4 aliphatic carbocycles. The van der Waals surface area contributed by atoms with E-state index in [9.17, 15) is 0 Å². The summed E-state index contributed by atoms with van der Waals surface area (Å²) in [6.45, 7) is 0. The first-order valence-corrected chi connectivity index (χ1v) is 18.9. The van der Waals surface area contributed by atoms with Crippen LogP contribution in [0.3, 0.4) is 0 Å². The Morgan fingerprint density at radius 1 is 0.392 bits per heavy atom. The van der Waals surface area contributed by atoms with E-state index >= 15 is 0 Å². The van der Waals surface area contributed by atoms with E-state index in [2.05, 4.69) is 175 Å². The standard InChI is InChI=1S/C50H43N/c1-2-8-38(9-3-1)39-18-24-45(25-19-39)51(46-26-20-42(21-27-46)49-15-7-11-41-10-4-5-14-48(41)49)47-13-6-12-43(31-47)40-16-22-44(23-17-40)50-32-35-28-36(33-50)30-37(29-35)34-50/h1-27,31,35-37H,28-30,32-34H2. The van der Waals surface area contributed by atoms with Crippen molar-refractivity contribution >= 4 is 27.8 Å². The van der Waals surface area contributed by atoms with Crippen LogP contribution in [0.5, 0.6) is 0 Å². The average molecular weight is 658 g/mol. The van der Waals surface area contributed by atoms with Crippen molar-refractivity contribution in [3.63, 3.8) is 0 Å². The summed E-state index contributed by atoms with van der Waals surface area (Å²) in [4.78, 5) is 2.40. The third-order valence-electron chi connectivity index (χ3n) is 12.4. The first-order valence-electron chi connectivity index (χ1n) is 18.9. The highest BCUT2D eigenvalue weighted by Crippen LogP contribution is 2.60. The van der Waals surface area contributed by atoms with E-state index in [1.807, 2.05) is 0 Å². The molecule has 0 atom stereocenters. The Morgan fingerprint density at radius 2 is 0.902 bits per heavy atom. The first kappa shape index (κ1) is 30.4. The zero-order valence-electron chi connectivity index (χ0n) is 29.1. The fourth-order valence-corrected chi connectivity index (χ4v) is 10.5. The molecule has 4 aliphatic rings. The molecular weight excluding hydrogens is 615 g/mol. The summed E-state index contributed by atoms with van der Waals surface area (Å²) in [5.74, 6) is 2.88. The van der Waals surface area contributed by atoms with E-state index in [0.717, 1.165) is 34.8 Å². The number of hydrogen-bond acceptors (Lipinski definition) is 1. The molecule has 0 saturated heterocycles. The molecule has 51 heavy (non-hydrogen) atoms. The predicted octanol–water partition coefficient (Wildman–Crippen LogP) is 13.8. The molecular formula is C50H43N. The topological polar surface area (TPSA) is 3.24 Å². The van der Waals surface area contributed by atoms with Crippen molar-refractivity contribution < 1.29 is 0 Å². The van der Waals surface area contributed by atoms with E-state index in [0.29, 0.717) is 5.41 Å². The summed E-state index contributed by atoms with van der Waals surface area (Å²) in [6, 6.07) is 62.8. The zero-order chi connectivity index (χ0) is 33.8. The van der Waals surface area contributed by atoms with Gasteiger partial charge in [-0.05, 0) is 148 Å². The van der Waals surface area contributed by atoms with Gasteiger partial charge >= 0.3 is 0 Å². The summed E-state index contributed by atoms with van der Waals surface area (Å²) >= 11 is 0. The number of rotatable bonds is 7. The predicted molar refractivity (Wildman–Crippen MR) is 215 cm³/mol. The molecule has 0 heterocycles. The molecule has 0 amide bonds. The quantitative estimate of drug-likeness (QED) is 0.165. The van der Waals surface area contributed by atoms with Crippen LogP contribution in [0, 0.1) is 17.8 Å². The molecule has 4 saturated carbocycles. The highest BCUT2D eigenvalue weighted by molar-refractivity contribution is 5.97. The molecule has 7 aromatic rings. The lowest BCUT2D eigenvalue weighted by atomic mass is 9.48. The van der Waals surface area contributed by atoms with Crippen LogP contribution in [0.1, 0.15) is 44.1 Å². The van der Waals surface area contributed by atoms with E-state index in [-0.39, 0.29) is 0 Å². The normalized spacial score (nSPS) is 21.9. The van der Waals surface area contributed by atoms with Crippen LogP contribution < -0.4 is 4.90 Å². The van der Waals surface area contributed by atoms with Gasteiger partial charge in [-0.3, -0.25) is 0 Å². The van der Waals surface area contributed by atoms with Gasteiger partial charge in [-0.15, -0.1) is 0 Å². The second-order valence-corrected chi connectivity index (χ2v) is 15.6. The van der Waals surface area contributed by atoms with Gasteiger partial charge in [0.2, 0.25) is 0 Å². The monoisotopic (exact) mass is 657 g/mol. The van der Waals surface area contributed by atoms with Gasteiger partial charge < -0.3 is 4.90 Å². The van der Waals surface area contributed by atoms with Gasteiger partial charge in [-0.25, -0.2) is 0 Å². The van der Waals surface area contributed by atoms with E-state index in [1.54, 1.807) is 5.56 Å². The molecule has 1 heteroatoms. The number of benzene rings is 7. The SMILES string of the molecule is c1ccc(-c2ccc(N(c3ccc(-c4cccc5ccccc45)cc3)c3cccc(-c4ccc(C56CC7CC(CC(C7)C5)C6)cc4)c3)cc2)cc1. The minimum absolute atomic E-state index is 0.427. The van der Waals surface area contributed by atoms with Gasteiger partial charge in [0, 0.05) is 17.1 Å². The molecule has 1 nitrogen and oxygen atoms in total. The van der Waals surface area contributed by atoms with Crippen molar-refractivity contribution in [3.8, 4) is 33.4 Å². The molecule has 7 aromatic carbocycles. The van der Waals surface area contributed by atoms with Crippen LogP contribution in [0.4, 0.5) is 17.1 Å². The van der Waals surface area contributed by atoms with Gasteiger partial charge in [-0.1, -0.05) is 133 Å². The largest absolute Gasteiger partial charge is 0.310 e. The Balaban J connectivity index is 1.01. The molecule has 0 unspecified atom stereocenters. The van der Waals surface area contributed by atoms with Crippen molar-refractivity contribution in [2.75, 3.05) is 4.90 Å². The summed E-state index contributed by atoms with van der Waals surface area (Å²) < 4.78 is 0. The average Bonchev–Trinajstić information content (AvgIpc) is 3.18. The van der Waals surface area contributed by atoms with Crippen molar-refractivity contribution in [2.45, 2.75) is 43.9 Å². The molecule has 0 N–H and O–H groups in total. The van der Waals surface area contributed by atoms with E-state index in [1.165, 1.54) is 82.7 Å². The van der Waals surface area contributed by atoms with Gasteiger partial charge in [0.15, 0.2) is 0 Å².